The highest BCUT2D eigenvalue weighted by molar-refractivity contribution is 8.76. The quantitative estimate of drug-likeness (QED) is 0.00775. The molecule has 1 fully saturated rings. The van der Waals surface area contributed by atoms with Gasteiger partial charge >= 0.3 is 18.0 Å². The van der Waals surface area contributed by atoms with Crippen LogP contribution in [0.2, 0.25) is 0 Å². The van der Waals surface area contributed by atoms with Gasteiger partial charge in [0.1, 0.15) is 23.4 Å². The minimum absolute atomic E-state index is 0.00362. The molecule has 2 heterocycles. The molecule has 1 aromatic rings. The first-order valence-electron chi connectivity index (χ1n) is 22.4. The van der Waals surface area contributed by atoms with Crippen LogP contribution in [0, 0.1) is 17.8 Å². The molecular weight excluding hydrogens is 911 g/mol. The van der Waals surface area contributed by atoms with Crippen LogP contribution in [0.3, 0.4) is 0 Å². The van der Waals surface area contributed by atoms with Crippen LogP contribution in [-0.4, -0.2) is 113 Å². The molecule has 66 heavy (non-hydrogen) atoms. The molecule has 1 unspecified atom stereocenters. The lowest BCUT2D eigenvalue weighted by Gasteiger charge is -2.39. The van der Waals surface area contributed by atoms with Gasteiger partial charge in [0.2, 0.25) is 17.7 Å². The first-order valence-corrected chi connectivity index (χ1v) is 26.0. The summed E-state index contributed by atoms with van der Waals surface area (Å²) in [5.41, 5.74) is 5.22. The molecule has 0 saturated carbocycles. The Kier molecular flexibility index (Phi) is 27.4. The zero-order valence-electron chi connectivity index (χ0n) is 39.6. The van der Waals surface area contributed by atoms with E-state index < -0.39 is 78.7 Å². The predicted molar refractivity (Wildman–Crippen MR) is 258 cm³/mol. The molecule has 2 rings (SSSR count). The zero-order valence-corrected chi connectivity index (χ0v) is 42.0. The number of carbonyl (C=O) groups excluding carboxylic acids is 7. The summed E-state index contributed by atoms with van der Waals surface area (Å²) in [6.45, 7) is 16.5. The summed E-state index contributed by atoms with van der Waals surface area (Å²) in [6.07, 6.45) is 9.46. The van der Waals surface area contributed by atoms with E-state index >= 15 is 0 Å². The van der Waals surface area contributed by atoms with E-state index in [1.165, 1.54) is 44.9 Å². The second kappa shape index (κ2) is 31.4. The number of aromatic nitrogens is 1. The Morgan fingerprint density at radius 3 is 2.41 bits per heavy atom. The molecule has 6 N–H and O–H groups in total. The van der Waals surface area contributed by atoms with Crippen LogP contribution in [-0.2, 0) is 38.2 Å². The Morgan fingerprint density at radius 1 is 1.06 bits per heavy atom. The van der Waals surface area contributed by atoms with Gasteiger partial charge in [-0.05, 0) is 68.4 Å². The van der Waals surface area contributed by atoms with Crippen LogP contribution in [0.15, 0.2) is 42.0 Å². The number of thiazole rings is 1. The number of piperidine rings is 1. The number of esters is 2. The summed E-state index contributed by atoms with van der Waals surface area (Å²) in [5.74, 6) is -3.72. The van der Waals surface area contributed by atoms with Gasteiger partial charge in [-0.2, -0.15) is 0 Å². The van der Waals surface area contributed by atoms with Gasteiger partial charge < -0.3 is 40.2 Å². The number of nitrogens with zero attached hydrogens (tertiary/aromatic N) is 2. The van der Waals surface area contributed by atoms with Crippen LogP contribution in [0.25, 0.3) is 0 Å². The van der Waals surface area contributed by atoms with Crippen molar-refractivity contribution in [2.45, 2.75) is 137 Å². The van der Waals surface area contributed by atoms with Crippen LogP contribution in [0.4, 0.5) is 4.79 Å². The molecule has 1 aliphatic rings. The molecule has 0 radical (unpaired) electrons. The number of carbonyl (C=O) groups is 7. The number of hydrogen-bond donors (Lipinski definition) is 6. The van der Waals surface area contributed by atoms with Gasteiger partial charge in [0.05, 0.1) is 12.3 Å². The van der Waals surface area contributed by atoms with Crippen molar-refractivity contribution in [1.82, 2.24) is 36.7 Å². The summed E-state index contributed by atoms with van der Waals surface area (Å²) in [6, 6.07) is -2.78. The number of ether oxygens (including phenoxy) is 3. The summed E-state index contributed by atoms with van der Waals surface area (Å²) in [4.78, 5) is 98.8. The molecule has 7 atom stereocenters. The van der Waals surface area contributed by atoms with Crippen molar-refractivity contribution in [1.29, 1.82) is 0 Å². The number of nitrogens with one attached hydrogen (secondary N) is 5. The Morgan fingerprint density at radius 2 is 1.80 bits per heavy atom. The second-order valence-corrected chi connectivity index (χ2v) is 19.9. The minimum atomic E-state index is -1.05. The van der Waals surface area contributed by atoms with Crippen LogP contribution in [0.1, 0.15) is 128 Å². The average Bonchev–Trinajstić information content (AvgIpc) is 3.80. The van der Waals surface area contributed by atoms with Crippen molar-refractivity contribution in [3.05, 3.63) is 52.7 Å². The van der Waals surface area contributed by atoms with Crippen molar-refractivity contribution < 1.29 is 52.9 Å². The molecule has 18 nitrogen and oxygen atoms in total. The topological polar surface area (TPSA) is 244 Å². The SMILES string of the molecule is C=C/C(=C\C=C\O)C[C@@H](C[C@H](C)C(=O)NNC(=O)OCCSSC)NC(=O)c1csc([C@@H](C[C@H](C(C)C)N(COC(=O)CCC)C(=O)[C@@H](NC(=O)[C@H]2CCCCN2)C(C)CC)OC(C)=O)n1. The molecule has 5 amide bonds. The maximum Gasteiger partial charge on any atom is 0.426 e. The molecule has 1 aromatic heterocycles. The highest BCUT2D eigenvalue weighted by atomic mass is 33.1. The normalized spacial score (nSPS) is 16.7. The van der Waals surface area contributed by atoms with Gasteiger partial charge in [-0.3, -0.25) is 34.2 Å². The van der Waals surface area contributed by atoms with Gasteiger partial charge in [0, 0.05) is 48.9 Å². The van der Waals surface area contributed by atoms with E-state index in [0.29, 0.717) is 37.1 Å². The summed E-state index contributed by atoms with van der Waals surface area (Å²) >= 11 is 1.07. The van der Waals surface area contributed by atoms with E-state index in [0.717, 1.165) is 30.4 Å². The van der Waals surface area contributed by atoms with Crippen molar-refractivity contribution in [3.63, 3.8) is 0 Å². The van der Waals surface area contributed by atoms with Gasteiger partial charge in [-0.1, -0.05) is 94.7 Å². The second-order valence-electron chi connectivity index (χ2n) is 16.3. The molecule has 1 aliphatic heterocycles. The van der Waals surface area contributed by atoms with Crippen molar-refractivity contribution >= 4 is 74.6 Å². The smallest absolute Gasteiger partial charge is 0.426 e. The van der Waals surface area contributed by atoms with Gasteiger partial charge in [-0.15, -0.1) is 11.3 Å². The molecule has 21 heteroatoms. The van der Waals surface area contributed by atoms with Crippen LogP contribution < -0.4 is 26.8 Å². The number of aliphatic hydroxyl groups is 1. The molecule has 370 valence electrons. The maximum atomic E-state index is 14.8. The zero-order chi connectivity index (χ0) is 49.2. The molecule has 0 aromatic carbocycles. The third-order valence-electron chi connectivity index (χ3n) is 10.8. The lowest BCUT2D eigenvalue weighted by atomic mass is 9.92. The Bertz CT molecular complexity index is 1800. The summed E-state index contributed by atoms with van der Waals surface area (Å²) in [7, 11) is 3.05. The van der Waals surface area contributed by atoms with Crippen LogP contribution in [0.5, 0.6) is 0 Å². The fourth-order valence-corrected chi connectivity index (χ4v) is 8.89. The molecule has 0 bridgehead atoms. The van der Waals surface area contributed by atoms with E-state index in [1.54, 1.807) is 19.1 Å². The highest BCUT2D eigenvalue weighted by Gasteiger charge is 2.39. The van der Waals surface area contributed by atoms with Crippen molar-refractivity contribution in [2.24, 2.45) is 17.8 Å². The van der Waals surface area contributed by atoms with Gasteiger partial charge in [0.15, 0.2) is 12.8 Å². The highest BCUT2D eigenvalue weighted by Crippen LogP contribution is 2.32. The van der Waals surface area contributed by atoms with Crippen molar-refractivity contribution in [2.75, 3.05) is 31.9 Å². The van der Waals surface area contributed by atoms with E-state index in [4.69, 9.17) is 14.2 Å². The lowest BCUT2D eigenvalue weighted by molar-refractivity contribution is -0.160. The number of allylic oxidation sites excluding steroid dienone is 3. The summed E-state index contributed by atoms with van der Waals surface area (Å²) in [5, 5.41) is 20.2. The lowest BCUT2D eigenvalue weighted by Crippen LogP contribution is -2.59. The number of rotatable bonds is 28. The maximum absolute atomic E-state index is 14.8. The third-order valence-corrected chi connectivity index (χ3v) is 13.5. The number of hydrogen-bond acceptors (Lipinski definition) is 16. The Balaban J connectivity index is 2.45. The first kappa shape index (κ1) is 57.5. The Labute approximate surface area is 401 Å². The minimum Gasteiger partial charge on any atom is -0.516 e. The number of aliphatic hydroxyl groups excluding tert-OH is 1. The Hall–Kier alpha value is -4.60. The van der Waals surface area contributed by atoms with E-state index in [-0.39, 0.29) is 60.7 Å². The van der Waals surface area contributed by atoms with Crippen molar-refractivity contribution in [3.8, 4) is 0 Å². The number of hydrazine groups is 1. The standard InChI is InChI=1S/C45H71N7O11S3/c1-10-16-38(55)62-27-52(44(59)39(29(6)11-2)49-41(57)34-18-13-14-19-46-34)36(28(4)5)25-37(63-31(8)54)43-48-35(26-65-43)42(58)47-33(24-32(12-3)17-15-20-53)23-30(7)40(56)50-51-45(60)61-21-22-66-64-9/h12,15,17,20,26,28-30,33-34,36-37,39,46,53H,3,10-11,13-14,16,18-19,21-25,27H2,1-2,4-9H3,(H,47,58)(H,49,57)(H,50,56)(H,51,60)/b20-15+,32-17+/t29?,30-,33+,34+,36+,37+,39-/m0/s1. The molecule has 0 aliphatic carbocycles. The first-order chi connectivity index (χ1) is 31.5. The van der Waals surface area contributed by atoms with Gasteiger partial charge in [0.25, 0.3) is 5.91 Å². The molecule has 1 saturated heterocycles. The molecular formula is C45H71N7O11S3. The number of amides is 5. The fourth-order valence-electron chi connectivity index (χ4n) is 7.03. The van der Waals surface area contributed by atoms with E-state index in [9.17, 15) is 38.7 Å². The average molecular weight is 982 g/mol. The summed E-state index contributed by atoms with van der Waals surface area (Å²) < 4.78 is 16.5. The fraction of sp³-hybridized carbons (Fsp3) is 0.644. The van der Waals surface area contributed by atoms with Gasteiger partial charge in [-0.25, -0.2) is 15.2 Å². The largest absolute Gasteiger partial charge is 0.516 e. The third kappa shape index (κ3) is 20.5. The molecule has 0 spiro atoms. The van der Waals surface area contributed by atoms with Crippen LogP contribution >= 0.6 is 32.9 Å². The monoisotopic (exact) mass is 981 g/mol. The van der Waals surface area contributed by atoms with E-state index in [1.807, 2.05) is 40.9 Å². The predicted octanol–water partition coefficient (Wildman–Crippen LogP) is 6.43. The van der Waals surface area contributed by atoms with E-state index in [2.05, 4.69) is 38.4 Å².